The quantitative estimate of drug-likeness (QED) is 0.858. The van der Waals surface area contributed by atoms with E-state index in [1.165, 1.54) is 17.4 Å². The molecule has 106 valence electrons. The van der Waals surface area contributed by atoms with Crippen molar-refractivity contribution in [2.75, 3.05) is 20.1 Å². The van der Waals surface area contributed by atoms with Gasteiger partial charge in [-0.1, -0.05) is 17.7 Å². The van der Waals surface area contributed by atoms with Crippen LogP contribution >= 0.6 is 11.6 Å². The predicted octanol–water partition coefficient (Wildman–Crippen LogP) is 0.602. The third kappa shape index (κ3) is 2.64. The van der Waals surface area contributed by atoms with Gasteiger partial charge < -0.3 is 10.4 Å². The molecule has 1 heterocycles. The van der Waals surface area contributed by atoms with Crippen LogP contribution in [0.5, 0.6) is 0 Å². The zero-order chi connectivity index (χ0) is 14.2. The molecule has 0 aliphatic carbocycles. The van der Waals surface area contributed by atoms with Gasteiger partial charge in [0.1, 0.15) is 0 Å². The summed E-state index contributed by atoms with van der Waals surface area (Å²) in [7, 11) is -2.18. The Kier molecular flexibility index (Phi) is 4.17. The number of nitrogens with one attached hydrogen (secondary N) is 1. The molecule has 1 fully saturated rings. The van der Waals surface area contributed by atoms with E-state index in [0.717, 1.165) is 0 Å². The standard InChI is InChI=1S/C12H17ClN2O3S/c1-8-9(13)4-3-5-12(8)19(17,18)15(2)10-6-14-7-11(10)16/h3-5,10-11,14,16H,6-7H2,1-2H3/t10-,11-/m1/s1. The molecule has 0 spiro atoms. The van der Waals surface area contributed by atoms with Gasteiger partial charge >= 0.3 is 0 Å². The number of halogens is 1. The van der Waals surface area contributed by atoms with Crippen molar-refractivity contribution in [1.29, 1.82) is 0 Å². The Bertz CT molecular complexity index is 576. The fraction of sp³-hybridized carbons (Fsp3) is 0.500. The molecule has 0 amide bonds. The molecule has 0 saturated carbocycles. The summed E-state index contributed by atoms with van der Waals surface area (Å²) < 4.78 is 26.4. The number of aliphatic hydroxyl groups is 1. The van der Waals surface area contributed by atoms with E-state index in [0.29, 0.717) is 23.7 Å². The van der Waals surface area contributed by atoms with Crippen LogP contribution in [-0.2, 0) is 10.0 Å². The molecule has 0 aromatic heterocycles. The van der Waals surface area contributed by atoms with Gasteiger partial charge in [-0.2, -0.15) is 4.31 Å². The molecule has 7 heteroatoms. The highest BCUT2D eigenvalue weighted by molar-refractivity contribution is 7.89. The molecule has 2 rings (SSSR count). The topological polar surface area (TPSA) is 69.6 Å². The lowest BCUT2D eigenvalue weighted by Crippen LogP contribution is -2.44. The molecule has 0 bridgehead atoms. The Morgan fingerprint density at radius 1 is 1.42 bits per heavy atom. The van der Waals surface area contributed by atoms with Crippen LogP contribution in [0.1, 0.15) is 5.56 Å². The minimum Gasteiger partial charge on any atom is -0.390 e. The van der Waals surface area contributed by atoms with Crippen molar-refractivity contribution in [2.24, 2.45) is 0 Å². The van der Waals surface area contributed by atoms with E-state index in [2.05, 4.69) is 5.32 Å². The lowest BCUT2D eigenvalue weighted by atomic mass is 10.2. The Morgan fingerprint density at radius 2 is 2.11 bits per heavy atom. The number of benzene rings is 1. The van der Waals surface area contributed by atoms with Crippen LogP contribution in [0.4, 0.5) is 0 Å². The van der Waals surface area contributed by atoms with Crippen molar-refractivity contribution in [2.45, 2.75) is 24.0 Å². The van der Waals surface area contributed by atoms with Crippen LogP contribution in [-0.4, -0.2) is 50.1 Å². The minimum atomic E-state index is -3.66. The number of nitrogens with zero attached hydrogens (tertiary/aromatic N) is 1. The number of sulfonamides is 1. The Balaban J connectivity index is 2.39. The largest absolute Gasteiger partial charge is 0.390 e. The highest BCUT2D eigenvalue weighted by Crippen LogP contribution is 2.26. The fourth-order valence-electron chi connectivity index (χ4n) is 2.22. The van der Waals surface area contributed by atoms with Gasteiger partial charge in [0.05, 0.1) is 17.0 Å². The van der Waals surface area contributed by atoms with Crippen LogP contribution in [0.3, 0.4) is 0 Å². The van der Waals surface area contributed by atoms with Crippen LogP contribution in [0.15, 0.2) is 23.1 Å². The molecule has 0 unspecified atom stereocenters. The summed E-state index contributed by atoms with van der Waals surface area (Å²) in [6.45, 7) is 2.52. The van der Waals surface area contributed by atoms with Gasteiger partial charge in [0.25, 0.3) is 0 Å². The number of aliphatic hydroxyl groups excluding tert-OH is 1. The zero-order valence-corrected chi connectivity index (χ0v) is 12.4. The molecule has 1 saturated heterocycles. The molecule has 1 aliphatic heterocycles. The summed E-state index contributed by atoms with van der Waals surface area (Å²) in [4.78, 5) is 0.182. The molecule has 19 heavy (non-hydrogen) atoms. The second-order valence-corrected chi connectivity index (χ2v) is 7.05. The van der Waals surface area contributed by atoms with E-state index in [4.69, 9.17) is 11.6 Å². The van der Waals surface area contributed by atoms with Crippen LogP contribution < -0.4 is 5.32 Å². The number of hydrogen-bond acceptors (Lipinski definition) is 4. The smallest absolute Gasteiger partial charge is 0.243 e. The summed E-state index contributed by atoms with van der Waals surface area (Å²) in [6.07, 6.45) is -0.695. The predicted molar refractivity (Wildman–Crippen MR) is 73.8 cm³/mol. The monoisotopic (exact) mass is 304 g/mol. The highest BCUT2D eigenvalue weighted by atomic mass is 35.5. The number of rotatable bonds is 3. The molecule has 1 aliphatic rings. The first-order valence-corrected chi connectivity index (χ1v) is 7.79. The maximum absolute atomic E-state index is 12.6. The maximum Gasteiger partial charge on any atom is 0.243 e. The zero-order valence-electron chi connectivity index (χ0n) is 10.8. The second kappa shape index (κ2) is 5.38. The normalized spacial score (nSPS) is 24.1. The average Bonchev–Trinajstić information content (AvgIpc) is 2.77. The number of likely N-dealkylation sites (N-methyl/N-ethyl adjacent to an activating group) is 1. The maximum atomic E-state index is 12.6. The first-order valence-electron chi connectivity index (χ1n) is 5.97. The van der Waals surface area contributed by atoms with Gasteiger partial charge in [0, 0.05) is 25.2 Å². The van der Waals surface area contributed by atoms with E-state index in [1.807, 2.05) is 0 Å². The molecule has 0 radical (unpaired) electrons. The molecular weight excluding hydrogens is 288 g/mol. The van der Waals surface area contributed by atoms with E-state index >= 15 is 0 Å². The summed E-state index contributed by atoms with van der Waals surface area (Å²) >= 11 is 5.97. The van der Waals surface area contributed by atoms with E-state index in [9.17, 15) is 13.5 Å². The third-order valence-corrected chi connectivity index (χ3v) is 5.93. The minimum absolute atomic E-state index is 0.182. The molecule has 1 aromatic rings. The Labute approximate surface area is 118 Å². The van der Waals surface area contributed by atoms with Crippen molar-refractivity contribution >= 4 is 21.6 Å². The Hall–Kier alpha value is -0.660. The van der Waals surface area contributed by atoms with E-state index in [1.54, 1.807) is 19.1 Å². The Morgan fingerprint density at radius 3 is 2.68 bits per heavy atom. The van der Waals surface area contributed by atoms with Crippen molar-refractivity contribution in [3.8, 4) is 0 Å². The van der Waals surface area contributed by atoms with E-state index in [-0.39, 0.29) is 4.90 Å². The molecule has 2 atom stereocenters. The SMILES string of the molecule is Cc1c(Cl)cccc1S(=O)(=O)N(C)[C@@H]1CNC[C@H]1O. The van der Waals surface area contributed by atoms with Gasteiger partial charge in [-0.25, -0.2) is 8.42 Å². The van der Waals surface area contributed by atoms with Crippen molar-refractivity contribution < 1.29 is 13.5 Å². The van der Waals surface area contributed by atoms with Gasteiger partial charge in [-0.15, -0.1) is 0 Å². The van der Waals surface area contributed by atoms with Crippen LogP contribution in [0.25, 0.3) is 0 Å². The summed E-state index contributed by atoms with van der Waals surface area (Å²) in [5.74, 6) is 0. The van der Waals surface area contributed by atoms with Gasteiger partial charge in [-0.05, 0) is 24.6 Å². The highest BCUT2D eigenvalue weighted by Gasteiger charge is 2.36. The van der Waals surface area contributed by atoms with Crippen molar-refractivity contribution in [3.05, 3.63) is 28.8 Å². The lowest BCUT2D eigenvalue weighted by Gasteiger charge is -2.26. The third-order valence-electron chi connectivity index (χ3n) is 3.49. The fourth-order valence-corrected chi connectivity index (χ4v) is 4.08. The van der Waals surface area contributed by atoms with E-state index < -0.39 is 22.2 Å². The first kappa shape index (κ1) is 14.7. The summed E-state index contributed by atoms with van der Waals surface area (Å²) in [5.41, 5.74) is 0.525. The molecular formula is C12H17ClN2O3S. The van der Waals surface area contributed by atoms with Crippen molar-refractivity contribution in [1.82, 2.24) is 9.62 Å². The summed E-state index contributed by atoms with van der Waals surface area (Å²) in [5, 5.41) is 13.2. The van der Waals surface area contributed by atoms with Crippen LogP contribution in [0, 0.1) is 6.92 Å². The molecule has 5 nitrogen and oxygen atoms in total. The average molecular weight is 305 g/mol. The van der Waals surface area contributed by atoms with Gasteiger partial charge in [0.15, 0.2) is 0 Å². The summed E-state index contributed by atoms with van der Waals surface area (Å²) in [6, 6.07) is 4.34. The lowest BCUT2D eigenvalue weighted by molar-refractivity contribution is 0.136. The van der Waals surface area contributed by atoms with Crippen molar-refractivity contribution in [3.63, 3.8) is 0 Å². The van der Waals surface area contributed by atoms with Gasteiger partial charge in [0.2, 0.25) is 10.0 Å². The molecule has 1 aromatic carbocycles. The molecule has 2 N–H and O–H groups in total. The number of hydrogen-bond donors (Lipinski definition) is 2. The van der Waals surface area contributed by atoms with Gasteiger partial charge in [-0.3, -0.25) is 0 Å². The number of β-amino-alcohol motifs (C(OH)–C–C–N with tert-alkyl or cyclic N) is 1. The van der Waals surface area contributed by atoms with Crippen LogP contribution in [0.2, 0.25) is 5.02 Å². The first-order chi connectivity index (χ1) is 8.85. The second-order valence-electron chi connectivity index (χ2n) is 4.68.